The summed E-state index contributed by atoms with van der Waals surface area (Å²) in [6.45, 7) is 8.54. The molecule has 2 aliphatic rings. The van der Waals surface area contributed by atoms with E-state index >= 15 is 0 Å². The van der Waals surface area contributed by atoms with Crippen molar-refractivity contribution >= 4 is 40.9 Å². The molecule has 1 aliphatic carbocycles. The van der Waals surface area contributed by atoms with Gasteiger partial charge < -0.3 is 20.3 Å². The molecule has 218 valence electrons. The molecule has 2 aromatic carbocycles. The smallest absolute Gasteiger partial charge is 0.259 e. The molecule has 0 spiro atoms. The summed E-state index contributed by atoms with van der Waals surface area (Å²) in [7, 11) is 3.23. The summed E-state index contributed by atoms with van der Waals surface area (Å²) in [6, 6.07) is 12.1. The number of amides is 2. The number of hydrogen-bond donors (Lipinski definition) is 2. The van der Waals surface area contributed by atoms with Gasteiger partial charge in [0.05, 0.1) is 36.3 Å². The lowest BCUT2D eigenvalue weighted by Gasteiger charge is -2.30. The van der Waals surface area contributed by atoms with Gasteiger partial charge in [-0.1, -0.05) is 26.0 Å². The van der Waals surface area contributed by atoms with Crippen LogP contribution in [0, 0.1) is 19.7 Å². The number of rotatable bonds is 9. The molecular formula is C31H38FN5O4. The minimum Gasteiger partial charge on any atom is -0.378 e. The van der Waals surface area contributed by atoms with Crippen molar-refractivity contribution in [2.75, 3.05) is 35.8 Å². The number of ether oxygens (including phenoxy) is 1. The van der Waals surface area contributed by atoms with Gasteiger partial charge in [0.25, 0.3) is 11.5 Å². The lowest BCUT2D eigenvalue weighted by atomic mass is 10.1. The first-order valence-corrected chi connectivity index (χ1v) is 13.9. The van der Waals surface area contributed by atoms with Crippen molar-refractivity contribution in [2.24, 2.45) is 7.05 Å². The lowest BCUT2D eigenvalue weighted by molar-refractivity contribution is -0.106. The van der Waals surface area contributed by atoms with Gasteiger partial charge in [0.2, 0.25) is 6.41 Å². The van der Waals surface area contributed by atoms with Gasteiger partial charge in [-0.3, -0.25) is 23.9 Å². The largest absolute Gasteiger partial charge is 0.378 e. The van der Waals surface area contributed by atoms with Crippen LogP contribution in [0.3, 0.4) is 0 Å². The van der Waals surface area contributed by atoms with Crippen molar-refractivity contribution in [3.05, 3.63) is 75.3 Å². The fourth-order valence-corrected chi connectivity index (χ4v) is 4.77. The molecule has 9 nitrogen and oxygen atoms in total. The molecule has 1 saturated carbocycles. The topological polar surface area (TPSA) is 95.9 Å². The molecule has 1 aliphatic heterocycles. The molecule has 3 aromatic rings. The summed E-state index contributed by atoms with van der Waals surface area (Å²) >= 11 is 0. The lowest BCUT2D eigenvalue weighted by Crippen LogP contribution is -2.40. The predicted octanol–water partition coefficient (Wildman–Crippen LogP) is 5.25. The van der Waals surface area contributed by atoms with Crippen molar-refractivity contribution in [3.63, 3.8) is 0 Å². The Morgan fingerprint density at radius 1 is 1.12 bits per heavy atom. The van der Waals surface area contributed by atoms with Gasteiger partial charge >= 0.3 is 0 Å². The molecule has 5 rings (SSSR count). The number of hydrogen-bond acceptors (Lipinski definition) is 6. The summed E-state index contributed by atoms with van der Waals surface area (Å²) in [5.74, 6) is -0.785. The first-order valence-electron chi connectivity index (χ1n) is 13.9. The number of nitrogens with one attached hydrogen (secondary N) is 2. The first-order chi connectivity index (χ1) is 19.7. The highest BCUT2D eigenvalue weighted by atomic mass is 19.1. The van der Waals surface area contributed by atoms with Crippen molar-refractivity contribution in [1.29, 1.82) is 0 Å². The molecule has 0 unspecified atom stereocenters. The van der Waals surface area contributed by atoms with Crippen LogP contribution in [-0.4, -0.2) is 54.1 Å². The molecule has 0 bridgehead atoms. The van der Waals surface area contributed by atoms with Crippen LogP contribution in [-0.2, 0) is 16.6 Å². The van der Waals surface area contributed by atoms with E-state index in [2.05, 4.69) is 10.6 Å². The van der Waals surface area contributed by atoms with E-state index in [0.29, 0.717) is 25.3 Å². The first kappa shape index (κ1) is 29.8. The molecule has 1 aromatic heterocycles. The van der Waals surface area contributed by atoms with Gasteiger partial charge in [0, 0.05) is 31.4 Å². The zero-order valence-electron chi connectivity index (χ0n) is 24.5. The van der Waals surface area contributed by atoms with E-state index in [-0.39, 0.29) is 46.3 Å². The summed E-state index contributed by atoms with van der Waals surface area (Å²) in [5, 5.41) is 6.35. The van der Waals surface area contributed by atoms with Crippen LogP contribution >= 0.6 is 0 Å². The molecule has 1 saturated heterocycles. The van der Waals surface area contributed by atoms with Gasteiger partial charge in [0.1, 0.15) is 17.2 Å². The predicted molar refractivity (Wildman–Crippen MR) is 160 cm³/mol. The number of nitrogens with zero attached hydrogens (tertiary/aromatic N) is 3. The number of carbonyl (C=O) groups excluding carboxylic acids is 2. The second kappa shape index (κ2) is 12.6. The maximum absolute atomic E-state index is 14.9. The van der Waals surface area contributed by atoms with Crippen LogP contribution in [0.2, 0.25) is 0 Å². The molecule has 2 fully saturated rings. The fraction of sp³-hybridized carbons (Fsp3) is 0.387. The molecule has 0 radical (unpaired) electrons. The van der Waals surface area contributed by atoms with Crippen molar-refractivity contribution in [3.8, 4) is 0 Å². The third-order valence-electron chi connectivity index (χ3n) is 7.28. The van der Waals surface area contributed by atoms with Crippen LogP contribution in [0.4, 0.5) is 33.0 Å². The summed E-state index contributed by atoms with van der Waals surface area (Å²) in [6.07, 6.45) is 2.33. The average molecular weight is 564 g/mol. The average Bonchev–Trinajstić information content (AvgIpc) is 3.80. The third-order valence-corrected chi connectivity index (χ3v) is 7.28. The molecule has 2 amide bonds. The van der Waals surface area contributed by atoms with Crippen LogP contribution in [0.25, 0.3) is 0 Å². The van der Waals surface area contributed by atoms with Crippen molar-refractivity contribution in [1.82, 2.24) is 9.47 Å². The van der Waals surface area contributed by atoms with Crippen LogP contribution in [0.1, 0.15) is 48.2 Å². The zero-order valence-corrected chi connectivity index (χ0v) is 24.5. The molecule has 2 heterocycles. The summed E-state index contributed by atoms with van der Waals surface area (Å²) in [5.41, 5.74) is 2.16. The van der Waals surface area contributed by atoms with E-state index in [4.69, 9.17) is 4.74 Å². The SMILES string of the molecule is CC.Cc1ccc(Nc2c(C(=O)N(C)C3CC3)c(N(C=O)c3cccc(NC4COC4)c3)c(C)c(=O)n2C)c(F)c1. The number of anilines is 5. The second-order valence-electron chi connectivity index (χ2n) is 10.2. The van der Waals surface area contributed by atoms with Gasteiger partial charge in [-0.15, -0.1) is 0 Å². The highest BCUT2D eigenvalue weighted by Gasteiger charge is 2.35. The normalized spacial score (nSPS) is 14.3. The Bertz CT molecular complexity index is 1500. The molecule has 2 N–H and O–H groups in total. The van der Waals surface area contributed by atoms with Crippen molar-refractivity contribution < 1.29 is 18.7 Å². The van der Waals surface area contributed by atoms with Gasteiger partial charge in [0.15, 0.2) is 0 Å². The Hall–Kier alpha value is -4.18. The maximum Gasteiger partial charge on any atom is 0.259 e. The standard InChI is InChI=1S/C29H32FN5O4.C2H6/c1-17-8-11-24(23(30)12-17)32-27-25(29(38)33(3)21-9-10-21)26(18(2)28(37)34(27)4)35(16-36)22-7-5-6-19(13-22)31-20-14-39-15-20;1-2/h5-8,11-13,16,20-21,31-32H,9-10,14-15H2,1-4H3;1-2H3. The van der Waals surface area contributed by atoms with Crippen molar-refractivity contribution in [2.45, 2.75) is 52.6 Å². The molecule has 0 atom stereocenters. The number of aromatic nitrogens is 1. The Morgan fingerprint density at radius 3 is 2.41 bits per heavy atom. The molecular weight excluding hydrogens is 525 g/mol. The highest BCUT2D eigenvalue weighted by molar-refractivity contribution is 6.09. The summed E-state index contributed by atoms with van der Waals surface area (Å²) < 4.78 is 21.5. The van der Waals surface area contributed by atoms with Gasteiger partial charge in [-0.2, -0.15) is 0 Å². The minimum atomic E-state index is -0.524. The second-order valence-corrected chi connectivity index (χ2v) is 10.2. The van der Waals surface area contributed by atoms with Crippen LogP contribution in [0.5, 0.6) is 0 Å². The van der Waals surface area contributed by atoms with Crippen LogP contribution < -0.4 is 21.1 Å². The van der Waals surface area contributed by atoms with Crippen LogP contribution in [0.15, 0.2) is 47.3 Å². The number of halogens is 1. The Morgan fingerprint density at radius 2 is 1.83 bits per heavy atom. The van der Waals surface area contributed by atoms with E-state index in [1.54, 1.807) is 56.1 Å². The van der Waals surface area contributed by atoms with E-state index < -0.39 is 11.4 Å². The number of carbonyl (C=O) groups is 2. The summed E-state index contributed by atoms with van der Waals surface area (Å²) in [4.78, 5) is 43.1. The molecule has 10 heteroatoms. The number of aryl methyl sites for hydroxylation is 1. The quantitative estimate of drug-likeness (QED) is 0.345. The van der Waals surface area contributed by atoms with E-state index in [9.17, 15) is 18.8 Å². The number of benzene rings is 2. The van der Waals surface area contributed by atoms with Gasteiger partial charge in [-0.05, 0) is 62.6 Å². The Kier molecular flexibility index (Phi) is 9.12. The zero-order chi connectivity index (χ0) is 29.8. The van der Waals surface area contributed by atoms with E-state index in [1.807, 2.05) is 19.9 Å². The molecule has 41 heavy (non-hydrogen) atoms. The highest BCUT2D eigenvalue weighted by Crippen LogP contribution is 2.38. The maximum atomic E-state index is 14.9. The third kappa shape index (κ3) is 6.12. The Balaban J connectivity index is 0.00000189. The monoisotopic (exact) mass is 563 g/mol. The number of pyridine rings is 1. The Labute approximate surface area is 239 Å². The minimum absolute atomic E-state index is 0.0637. The van der Waals surface area contributed by atoms with E-state index in [1.165, 1.54) is 22.6 Å². The van der Waals surface area contributed by atoms with E-state index in [0.717, 1.165) is 24.1 Å². The fourth-order valence-electron chi connectivity index (χ4n) is 4.77. The van der Waals surface area contributed by atoms with Gasteiger partial charge in [-0.25, -0.2) is 4.39 Å².